The van der Waals surface area contributed by atoms with E-state index in [0.717, 1.165) is 6.42 Å². The van der Waals surface area contributed by atoms with Crippen LogP contribution in [-0.2, 0) is 4.79 Å². The van der Waals surface area contributed by atoms with Crippen molar-refractivity contribution < 1.29 is 14.4 Å². The van der Waals surface area contributed by atoms with Crippen LogP contribution in [0.4, 0.5) is 6.01 Å². The van der Waals surface area contributed by atoms with Gasteiger partial charge in [0.15, 0.2) is 5.82 Å². The maximum atomic E-state index is 11.0. The Kier molecular flexibility index (Phi) is 2.80. The van der Waals surface area contributed by atoms with E-state index in [1.165, 1.54) is 0 Å². The zero-order valence-corrected chi connectivity index (χ0v) is 9.38. The van der Waals surface area contributed by atoms with Crippen LogP contribution in [0.3, 0.4) is 0 Å². The first-order valence-corrected chi connectivity index (χ1v) is 5.42. The largest absolute Gasteiger partial charge is 0.480 e. The standard InChI is InChI=1S/C10H15N3O3/c1-6(2)8-11-10(16-12-8)13-5-3-4-7(13)9(14)15/h6-7H,3-5H2,1-2H3,(H,14,15)/t7-/m1/s1. The molecule has 0 amide bonds. The summed E-state index contributed by atoms with van der Waals surface area (Å²) in [5, 5.41) is 12.9. The number of nitrogens with zero attached hydrogens (tertiary/aromatic N) is 3. The topological polar surface area (TPSA) is 79.5 Å². The Morgan fingerprint density at radius 1 is 1.62 bits per heavy atom. The zero-order chi connectivity index (χ0) is 11.7. The molecule has 0 saturated carbocycles. The Labute approximate surface area is 93.2 Å². The van der Waals surface area contributed by atoms with Gasteiger partial charge in [-0.15, -0.1) is 0 Å². The molecule has 0 aromatic carbocycles. The molecule has 0 radical (unpaired) electrons. The van der Waals surface area contributed by atoms with E-state index in [1.54, 1.807) is 4.90 Å². The molecule has 1 aromatic heterocycles. The molecule has 1 N–H and O–H groups in total. The fraction of sp³-hybridized carbons (Fsp3) is 0.700. The third kappa shape index (κ3) is 1.87. The SMILES string of the molecule is CC(C)c1noc(N2CCC[C@@H]2C(=O)O)n1. The van der Waals surface area contributed by atoms with Crippen LogP contribution in [0.1, 0.15) is 38.4 Å². The number of aliphatic carboxylic acids is 1. The molecule has 88 valence electrons. The summed E-state index contributed by atoms with van der Waals surface area (Å²) in [4.78, 5) is 16.9. The molecular formula is C10H15N3O3. The lowest BCUT2D eigenvalue weighted by Gasteiger charge is -2.17. The fourth-order valence-corrected chi connectivity index (χ4v) is 1.83. The lowest BCUT2D eigenvalue weighted by Crippen LogP contribution is -2.36. The second-order valence-corrected chi connectivity index (χ2v) is 4.28. The normalized spacial score (nSPS) is 20.7. The van der Waals surface area contributed by atoms with Gasteiger partial charge < -0.3 is 14.5 Å². The van der Waals surface area contributed by atoms with Gasteiger partial charge in [0.1, 0.15) is 6.04 Å². The van der Waals surface area contributed by atoms with Crippen molar-refractivity contribution in [3.8, 4) is 0 Å². The molecule has 1 atom stereocenters. The lowest BCUT2D eigenvalue weighted by molar-refractivity contribution is -0.138. The van der Waals surface area contributed by atoms with Crippen molar-refractivity contribution in [1.82, 2.24) is 10.1 Å². The van der Waals surface area contributed by atoms with Crippen LogP contribution < -0.4 is 4.90 Å². The summed E-state index contributed by atoms with van der Waals surface area (Å²) in [7, 11) is 0. The van der Waals surface area contributed by atoms with Gasteiger partial charge >= 0.3 is 12.0 Å². The second kappa shape index (κ2) is 4.11. The van der Waals surface area contributed by atoms with Crippen molar-refractivity contribution in [2.45, 2.75) is 38.6 Å². The summed E-state index contributed by atoms with van der Waals surface area (Å²) in [5.74, 6) is -0.0313. The van der Waals surface area contributed by atoms with Crippen molar-refractivity contribution in [2.75, 3.05) is 11.4 Å². The highest BCUT2D eigenvalue weighted by Gasteiger charge is 2.34. The van der Waals surface area contributed by atoms with E-state index in [2.05, 4.69) is 10.1 Å². The predicted octanol–water partition coefficient (Wildman–Crippen LogP) is 1.25. The van der Waals surface area contributed by atoms with Gasteiger partial charge in [0, 0.05) is 12.5 Å². The molecule has 0 aliphatic carbocycles. The summed E-state index contributed by atoms with van der Waals surface area (Å²) in [5.41, 5.74) is 0. The summed E-state index contributed by atoms with van der Waals surface area (Å²) in [6.07, 6.45) is 1.48. The van der Waals surface area contributed by atoms with E-state index in [0.29, 0.717) is 24.8 Å². The van der Waals surface area contributed by atoms with Gasteiger partial charge in [0.25, 0.3) is 0 Å². The Morgan fingerprint density at radius 2 is 2.38 bits per heavy atom. The van der Waals surface area contributed by atoms with Crippen LogP contribution >= 0.6 is 0 Å². The smallest absolute Gasteiger partial charge is 0.326 e. The molecule has 1 fully saturated rings. The average molecular weight is 225 g/mol. The van der Waals surface area contributed by atoms with Crippen molar-refractivity contribution in [3.05, 3.63) is 5.82 Å². The van der Waals surface area contributed by atoms with E-state index in [1.807, 2.05) is 13.8 Å². The van der Waals surface area contributed by atoms with E-state index in [-0.39, 0.29) is 5.92 Å². The van der Waals surface area contributed by atoms with Gasteiger partial charge in [-0.25, -0.2) is 4.79 Å². The minimum Gasteiger partial charge on any atom is -0.480 e. The molecule has 0 unspecified atom stereocenters. The van der Waals surface area contributed by atoms with Crippen LogP contribution in [0.2, 0.25) is 0 Å². The minimum atomic E-state index is -0.832. The number of hydrogen-bond donors (Lipinski definition) is 1. The number of carbonyl (C=O) groups is 1. The van der Waals surface area contributed by atoms with E-state index in [9.17, 15) is 4.79 Å². The molecule has 0 spiro atoms. The third-order valence-corrected chi connectivity index (χ3v) is 2.73. The molecule has 6 nitrogen and oxygen atoms in total. The first-order chi connectivity index (χ1) is 7.59. The maximum Gasteiger partial charge on any atom is 0.326 e. The number of anilines is 1. The van der Waals surface area contributed by atoms with Crippen LogP contribution in [0, 0.1) is 0 Å². The average Bonchev–Trinajstić information content (AvgIpc) is 2.86. The van der Waals surface area contributed by atoms with Crippen LogP contribution in [0.15, 0.2) is 4.52 Å². The quantitative estimate of drug-likeness (QED) is 0.833. The number of carboxylic acid groups (broad SMARTS) is 1. The second-order valence-electron chi connectivity index (χ2n) is 4.28. The maximum absolute atomic E-state index is 11.0. The fourth-order valence-electron chi connectivity index (χ4n) is 1.83. The van der Waals surface area contributed by atoms with Crippen molar-refractivity contribution in [2.24, 2.45) is 0 Å². The Morgan fingerprint density at radius 3 is 2.94 bits per heavy atom. The first-order valence-electron chi connectivity index (χ1n) is 5.42. The molecule has 1 aliphatic rings. The highest BCUT2D eigenvalue weighted by atomic mass is 16.5. The molecular weight excluding hydrogens is 210 g/mol. The first kappa shape index (κ1) is 10.9. The van der Waals surface area contributed by atoms with Gasteiger partial charge in [0.2, 0.25) is 0 Å². The molecule has 1 aromatic rings. The van der Waals surface area contributed by atoms with Crippen molar-refractivity contribution >= 4 is 12.0 Å². The van der Waals surface area contributed by atoms with E-state index < -0.39 is 12.0 Å². The molecule has 1 saturated heterocycles. The van der Waals surface area contributed by atoms with Gasteiger partial charge in [-0.05, 0) is 12.8 Å². The molecule has 2 rings (SSSR count). The Hall–Kier alpha value is -1.59. The summed E-state index contributed by atoms with van der Waals surface area (Å²) < 4.78 is 5.09. The predicted molar refractivity (Wildman–Crippen MR) is 56.4 cm³/mol. The van der Waals surface area contributed by atoms with Crippen LogP contribution in [0.25, 0.3) is 0 Å². The van der Waals surface area contributed by atoms with Crippen molar-refractivity contribution in [3.63, 3.8) is 0 Å². The highest BCUT2D eigenvalue weighted by molar-refractivity contribution is 5.77. The number of carboxylic acids is 1. The zero-order valence-electron chi connectivity index (χ0n) is 9.38. The Bertz CT molecular complexity index is 388. The van der Waals surface area contributed by atoms with Crippen molar-refractivity contribution in [1.29, 1.82) is 0 Å². The van der Waals surface area contributed by atoms with E-state index >= 15 is 0 Å². The molecule has 16 heavy (non-hydrogen) atoms. The number of rotatable bonds is 3. The lowest BCUT2D eigenvalue weighted by atomic mass is 10.2. The molecule has 1 aliphatic heterocycles. The molecule has 0 bridgehead atoms. The van der Waals surface area contributed by atoms with Crippen LogP contribution in [-0.4, -0.2) is 33.8 Å². The van der Waals surface area contributed by atoms with Gasteiger partial charge in [-0.2, -0.15) is 4.98 Å². The van der Waals surface area contributed by atoms with Crippen LogP contribution in [0.5, 0.6) is 0 Å². The van der Waals surface area contributed by atoms with Gasteiger partial charge in [-0.1, -0.05) is 19.0 Å². The number of hydrogen-bond acceptors (Lipinski definition) is 5. The van der Waals surface area contributed by atoms with Gasteiger partial charge in [-0.3, -0.25) is 0 Å². The number of aromatic nitrogens is 2. The molecule has 2 heterocycles. The van der Waals surface area contributed by atoms with E-state index in [4.69, 9.17) is 9.63 Å². The molecule has 6 heteroatoms. The summed E-state index contributed by atoms with van der Waals surface area (Å²) in [6.45, 7) is 4.59. The summed E-state index contributed by atoms with van der Waals surface area (Å²) in [6, 6.07) is -0.200. The Balaban J connectivity index is 2.19. The highest BCUT2D eigenvalue weighted by Crippen LogP contribution is 2.25. The third-order valence-electron chi connectivity index (χ3n) is 2.73. The minimum absolute atomic E-state index is 0.184. The monoisotopic (exact) mass is 225 g/mol. The van der Waals surface area contributed by atoms with Gasteiger partial charge in [0.05, 0.1) is 0 Å². The summed E-state index contributed by atoms with van der Waals surface area (Å²) >= 11 is 0.